The molecule has 0 N–H and O–H groups in total. The van der Waals surface area contributed by atoms with Gasteiger partial charge in [-0.3, -0.25) is 4.90 Å². The lowest BCUT2D eigenvalue weighted by Gasteiger charge is -2.29. The Hall–Kier alpha value is -0.300. The van der Waals surface area contributed by atoms with Gasteiger partial charge in [-0.05, 0) is 25.7 Å². The van der Waals surface area contributed by atoms with Gasteiger partial charge in [-0.1, -0.05) is 25.0 Å². The predicted octanol–water partition coefficient (Wildman–Crippen LogP) is 2.44. The molecule has 0 radical (unpaired) electrons. The number of hydrogen-bond donors (Lipinski definition) is 0. The van der Waals surface area contributed by atoms with Crippen molar-refractivity contribution in [2.75, 3.05) is 13.1 Å². The van der Waals surface area contributed by atoms with E-state index >= 15 is 0 Å². The second-order valence-corrected chi connectivity index (χ2v) is 4.28. The average Bonchev–Trinajstić information content (AvgIpc) is 2.90. The van der Waals surface area contributed by atoms with Crippen molar-refractivity contribution in [3.05, 3.63) is 12.2 Å². The Balaban J connectivity index is 1.77. The second-order valence-electron chi connectivity index (χ2n) is 4.28. The van der Waals surface area contributed by atoms with Gasteiger partial charge in [-0.15, -0.1) is 0 Å². The molecule has 0 amide bonds. The van der Waals surface area contributed by atoms with E-state index in [0.717, 1.165) is 12.0 Å². The van der Waals surface area contributed by atoms with E-state index in [9.17, 15) is 0 Å². The summed E-state index contributed by atoms with van der Waals surface area (Å²) in [6, 6.07) is 0.822. The fourth-order valence-electron chi connectivity index (χ4n) is 2.04. The summed E-state index contributed by atoms with van der Waals surface area (Å²) in [7, 11) is 0. The molecule has 1 heteroatoms. The molecule has 1 saturated carbocycles. The van der Waals surface area contributed by atoms with Crippen LogP contribution in [0.15, 0.2) is 12.2 Å². The summed E-state index contributed by atoms with van der Waals surface area (Å²) >= 11 is 0. The average molecular weight is 165 g/mol. The van der Waals surface area contributed by atoms with Crippen LogP contribution in [0.25, 0.3) is 0 Å². The predicted molar refractivity (Wildman–Crippen MR) is 52.1 cm³/mol. The molecule has 68 valence electrons. The Kier molecular flexibility index (Phi) is 2.50. The third-order valence-corrected chi connectivity index (χ3v) is 3.08. The molecule has 0 aromatic rings. The van der Waals surface area contributed by atoms with E-state index in [2.05, 4.69) is 24.0 Å². The van der Waals surface area contributed by atoms with E-state index in [-0.39, 0.29) is 0 Å². The summed E-state index contributed by atoms with van der Waals surface area (Å²) in [6.45, 7) is 4.86. The molecule has 1 heterocycles. The summed E-state index contributed by atoms with van der Waals surface area (Å²) in [6.07, 6.45) is 10.3. The fraction of sp³-hybridized carbons (Fsp3) is 0.818. The van der Waals surface area contributed by atoms with Crippen molar-refractivity contribution < 1.29 is 0 Å². The molecule has 1 aliphatic heterocycles. The highest BCUT2D eigenvalue weighted by atomic mass is 15.1. The van der Waals surface area contributed by atoms with Crippen LogP contribution in [-0.4, -0.2) is 24.0 Å². The monoisotopic (exact) mass is 165 g/mol. The summed E-state index contributed by atoms with van der Waals surface area (Å²) in [5.41, 5.74) is 0. The largest absolute Gasteiger partial charge is 0.297 e. The van der Waals surface area contributed by atoms with Gasteiger partial charge in [-0.25, -0.2) is 0 Å². The lowest BCUT2D eigenvalue weighted by atomic mass is 10.1. The first-order valence-electron chi connectivity index (χ1n) is 5.25. The first-order valence-corrected chi connectivity index (χ1v) is 5.25. The number of nitrogens with zero attached hydrogens (tertiary/aromatic N) is 1. The van der Waals surface area contributed by atoms with Gasteiger partial charge >= 0.3 is 0 Å². The van der Waals surface area contributed by atoms with E-state index in [1.54, 1.807) is 0 Å². The topological polar surface area (TPSA) is 3.24 Å². The van der Waals surface area contributed by atoms with Crippen LogP contribution >= 0.6 is 0 Å². The molecule has 12 heavy (non-hydrogen) atoms. The smallest absolute Gasteiger partial charge is 0.0166 e. The summed E-state index contributed by atoms with van der Waals surface area (Å²) in [4.78, 5) is 2.61. The van der Waals surface area contributed by atoms with Crippen LogP contribution in [0.5, 0.6) is 0 Å². The van der Waals surface area contributed by atoms with Crippen LogP contribution in [0, 0.1) is 5.92 Å². The van der Waals surface area contributed by atoms with E-state index in [1.165, 1.54) is 38.8 Å². The van der Waals surface area contributed by atoms with Gasteiger partial charge < -0.3 is 0 Å². The molecule has 1 unspecified atom stereocenters. The molecular weight excluding hydrogens is 146 g/mol. The Morgan fingerprint density at radius 2 is 2.25 bits per heavy atom. The van der Waals surface area contributed by atoms with Crippen molar-refractivity contribution >= 4 is 0 Å². The van der Waals surface area contributed by atoms with E-state index in [4.69, 9.17) is 0 Å². The molecule has 0 saturated heterocycles. The van der Waals surface area contributed by atoms with Crippen molar-refractivity contribution in [2.45, 2.75) is 38.6 Å². The van der Waals surface area contributed by atoms with Gasteiger partial charge in [0.15, 0.2) is 0 Å². The van der Waals surface area contributed by atoms with Gasteiger partial charge in [-0.2, -0.15) is 0 Å². The molecular formula is C11H19N. The van der Waals surface area contributed by atoms with Gasteiger partial charge in [0.2, 0.25) is 0 Å². The van der Waals surface area contributed by atoms with Crippen LogP contribution in [0.2, 0.25) is 0 Å². The molecule has 1 aliphatic carbocycles. The maximum Gasteiger partial charge on any atom is 0.0166 e. The maximum absolute atomic E-state index is 2.61. The molecule has 0 aromatic heterocycles. The third kappa shape index (κ3) is 2.10. The minimum Gasteiger partial charge on any atom is -0.297 e. The zero-order valence-electron chi connectivity index (χ0n) is 8.00. The van der Waals surface area contributed by atoms with Crippen LogP contribution in [0.1, 0.15) is 32.6 Å². The van der Waals surface area contributed by atoms with Gasteiger partial charge in [0.25, 0.3) is 0 Å². The number of rotatable bonds is 3. The molecule has 2 aliphatic rings. The maximum atomic E-state index is 2.61. The molecule has 0 bridgehead atoms. The van der Waals surface area contributed by atoms with E-state index in [0.29, 0.717) is 0 Å². The minimum absolute atomic E-state index is 0.822. The summed E-state index contributed by atoms with van der Waals surface area (Å²) < 4.78 is 0. The number of hydrogen-bond acceptors (Lipinski definition) is 1. The lowest BCUT2D eigenvalue weighted by molar-refractivity contribution is 0.211. The quantitative estimate of drug-likeness (QED) is 0.581. The highest BCUT2D eigenvalue weighted by Crippen LogP contribution is 2.34. The van der Waals surface area contributed by atoms with E-state index < -0.39 is 0 Å². The lowest BCUT2D eigenvalue weighted by Crippen LogP contribution is -2.35. The van der Waals surface area contributed by atoms with Crippen LogP contribution in [-0.2, 0) is 0 Å². The zero-order valence-corrected chi connectivity index (χ0v) is 8.00. The fourth-order valence-corrected chi connectivity index (χ4v) is 2.04. The summed E-state index contributed by atoms with van der Waals surface area (Å²) in [5.74, 6) is 1.07. The molecule has 0 spiro atoms. The highest BCUT2D eigenvalue weighted by Gasteiger charge is 2.26. The molecule has 1 nitrogen and oxygen atoms in total. The molecule has 0 aromatic carbocycles. The van der Waals surface area contributed by atoms with Crippen molar-refractivity contribution in [3.63, 3.8) is 0 Å². The van der Waals surface area contributed by atoms with E-state index in [1.807, 2.05) is 0 Å². The van der Waals surface area contributed by atoms with Crippen molar-refractivity contribution in [1.29, 1.82) is 0 Å². The molecule has 1 atom stereocenters. The Morgan fingerprint density at radius 3 is 2.83 bits per heavy atom. The normalized spacial score (nSPS) is 27.4. The third-order valence-electron chi connectivity index (χ3n) is 3.08. The minimum atomic E-state index is 0.822. The SMILES string of the molecule is CC(CC1CC1)N1CC=CCC1. The van der Waals surface area contributed by atoms with Crippen molar-refractivity contribution in [3.8, 4) is 0 Å². The molecule has 1 fully saturated rings. The standard InChI is InChI=1S/C11H19N/c1-10(9-11-5-6-11)12-7-3-2-4-8-12/h2-3,10-11H,4-9H2,1H3. The zero-order chi connectivity index (χ0) is 8.39. The Morgan fingerprint density at radius 1 is 1.42 bits per heavy atom. The first-order chi connectivity index (χ1) is 5.86. The Bertz CT molecular complexity index is 170. The Labute approximate surface area is 75.4 Å². The van der Waals surface area contributed by atoms with Crippen LogP contribution < -0.4 is 0 Å². The first kappa shape index (κ1) is 8.31. The van der Waals surface area contributed by atoms with Crippen LogP contribution in [0.3, 0.4) is 0 Å². The van der Waals surface area contributed by atoms with Gasteiger partial charge in [0.05, 0.1) is 0 Å². The van der Waals surface area contributed by atoms with Crippen molar-refractivity contribution in [2.24, 2.45) is 5.92 Å². The van der Waals surface area contributed by atoms with Gasteiger partial charge in [0.1, 0.15) is 0 Å². The second kappa shape index (κ2) is 3.61. The highest BCUT2D eigenvalue weighted by molar-refractivity contribution is 4.93. The molecule has 2 rings (SSSR count). The summed E-state index contributed by atoms with van der Waals surface area (Å²) in [5, 5.41) is 0. The van der Waals surface area contributed by atoms with Crippen LogP contribution in [0.4, 0.5) is 0 Å². The van der Waals surface area contributed by atoms with Crippen molar-refractivity contribution in [1.82, 2.24) is 4.90 Å². The van der Waals surface area contributed by atoms with Gasteiger partial charge in [0, 0.05) is 19.1 Å².